The molecular weight excluding hydrogens is 276 g/mol. The van der Waals surface area contributed by atoms with E-state index in [0.717, 1.165) is 10.5 Å². The Balaban J connectivity index is 2.17. The summed E-state index contributed by atoms with van der Waals surface area (Å²) >= 11 is 0. The number of aromatic hydroxyl groups is 1. The van der Waals surface area contributed by atoms with Crippen molar-refractivity contribution in [3.63, 3.8) is 0 Å². The Morgan fingerprint density at radius 3 is 1.67 bits per heavy atom. The van der Waals surface area contributed by atoms with E-state index in [1.165, 1.54) is 9.79 Å². The molecule has 0 atom stereocenters. The number of aryl methyl sites for hydroxylation is 1. The summed E-state index contributed by atoms with van der Waals surface area (Å²) in [6.45, 7) is 2.01. The lowest BCUT2D eigenvalue weighted by atomic mass is 10.2. The van der Waals surface area contributed by atoms with Gasteiger partial charge in [-0.2, -0.15) is 0 Å². The number of hydrogen-bond acceptors (Lipinski definition) is 1. The summed E-state index contributed by atoms with van der Waals surface area (Å²) in [6.07, 6.45) is 0. The van der Waals surface area contributed by atoms with Gasteiger partial charge < -0.3 is 5.11 Å². The highest BCUT2D eigenvalue weighted by Crippen LogP contribution is 2.33. The molecule has 2 heteroatoms. The van der Waals surface area contributed by atoms with Gasteiger partial charge in [0.15, 0.2) is 14.7 Å². The van der Waals surface area contributed by atoms with E-state index in [1.54, 1.807) is 6.07 Å². The Labute approximate surface area is 128 Å². The molecule has 0 aliphatic rings. The van der Waals surface area contributed by atoms with Gasteiger partial charge in [0.25, 0.3) is 0 Å². The van der Waals surface area contributed by atoms with Crippen molar-refractivity contribution in [1.82, 2.24) is 0 Å². The molecule has 0 aliphatic carbocycles. The van der Waals surface area contributed by atoms with E-state index in [2.05, 4.69) is 54.6 Å². The van der Waals surface area contributed by atoms with Gasteiger partial charge in [-0.3, -0.25) is 0 Å². The molecule has 0 aliphatic heterocycles. The van der Waals surface area contributed by atoms with Gasteiger partial charge in [0, 0.05) is 6.07 Å². The Morgan fingerprint density at radius 1 is 0.667 bits per heavy atom. The third-order valence-corrected chi connectivity index (χ3v) is 5.42. The summed E-state index contributed by atoms with van der Waals surface area (Å²) in [6, 6.07) is 26.7. The predicted molar refractivity (Wildman–Crippen MR) is 87.9 cm³/mol. The summed E-state index contributed by atoms with van der Waals surface area (Å²) < 4.78 is 0. The van der Waals surface area contributed by atoms with E-state index in [-0.39, 0.29) is 10.9 Å². The zero-order valence-corrected chi connectivity index (χ0v) is 12.7. The van der Waals surface area contributed by atoms with E-state index in [0.29, 0.717) is 5.75 Å². The highest BCUT2D eigenvalue weighted by atomic mass is 32.2. The SMILES string of the molecule is Cc1cc(O)cc([S+](c2ccccc2)c2ccccc2)c1. The lowest BCUT2D eigenvalue weighted by molar-refractivity contribution is 0.473. The Bertz CT molecular complexity index is 663. The van der Waals surface area contributed by atoms with Crippen LogP contribution in [0.4, 0.5) is 0 Å². The fourth-order valence-electron chi connectivity index (χ4n) is 2.37. The maximum absolute atomic E-state index is 9.94. The molecule has 0 bridgehead atoms. The second-order valence-corrected chi connectivity index (χ2v) is 6.96. The largest absolute Gasteiger partial charge is 0.508 e. The number of phenols is 1. The van der Waals surface area contributed by atoms with Crippen LogP contribution >= 0.6 is 0 Å². The van der Waals surface area contributed by atoms with Crippen LogP contribution in [0.5, 0.6) is 5.75 Å². The van der Waals surface area contributed by atoms with Crippen LogP contribution in [0.2, 0.25) is 0 Å². The van der Waals surface area contributed by atoms with Gasteiger partial charge >= 0.3 is 0 Å². The smallest absolute Gasteiger partial charge is 0.170 e. The lowest BCUT2D eigenvalue weighted by Crippen LogP contribution is -2.04. The van der Waals surface area contributed by atoms with Crippen molar-refractivity contribution in [2.75, 3.05) is 0 Å². The van der Waals surface area contributed by atoms with E-state index < -0.39 is 0 Å². The molecule has 1 N–H and O–H groups in total. The first-order chi connectivity index (χ1) is 10.2. The normalized spacial score (nSPS) is 10.8. The van der Waals surface area contributed by atoms with E-state index in [9.17, 15) is 5.11 Å². The van der Waals surface area contributed by atoms with Gasteiger partial charge in [0.1, 0.15) is 5.75 Å². The molecule has 3 aromatic rings. The zero-order chi connectivity index (χ0) is 14.7. The monoisotopic (exact) mass is 293 g/mol. The van der Waals surface area contributed by atoms with Crippen molar-refractivity contribution in [3.8, 4) is 5.75 Å². The standard InChI is InChI=1S/C19H16OS/c1-15-12-16(20)14-19(13-15)21(17-8-4-2-5-9-17)18-10-6-3-7-11-18/h2-14H,1H3/p+1. The molecule has 0 fully saturated rings. The van der Waals surface area contributed by atoms with Gasteiger partial charge in [-0.05, 0) is 48.9 Å². The van der Waals surface area contributed by atoms with Crippen molar-refractivity contribution >= 4 is 10.9 Å². The fraction of sp³-hybridized carbons (Fsp3) is 0.0526. The molecular formula is C19H17OS+. The molecule has 104 valence electrons. The molecule has 0 aromatic heterocycles. The zero-order valence-electron chi connectivity index (χ0n) is 11.9. The number of phenolic OH excluding ortho intramolecular Hbond substituents is 1. The third-order valence-electron chi connectivity index (χ3n) is 3.23. The van der Waals surface area contributed by atoms with Crippen LogP contribution in [-0.4, -0.2) is 5.11 Å². The second kappa shape index (κ2) is 6.06. The molecule has 21 heavy (non-hydrogen) atoms. The first kappa shape index (κ1) is 13.8. The Morgan fingerprint density at radius 2 is 1.19 bits per heavy atom. The summed E-state index contributed by atoms with van der Waals surface area (Å²) in [5.74, 6) is 0.328. The van der Waals surface area contributed by atoms with Crippen LogP contribution in [0.25, 0.3) is 0 Å². The fourth-order valence-corrected chi connectivity index (χ4v) is 4.59. The summed E-state index contributed by atoms with van der Waals surface area (Å²) in [5.41, 5.74) is 1.08. The van der Waals surface area contributed by atoms with E-state index >= 15 is 0 Å². The van der Waals surface area contributed by atoms with Crippen LogP contribution in [0.1, 0.15) is 5.56 Å². The van der Waals surface area contributed by atoms with Gasteiger partial charge in [-0.1, -0.05) is 36.4 Å². The van der Waals surface area contributed by atoms with Gasteiger partial charge in [-0.25, -0.2) is 0 Å². The van der Waals surface area contributed by atoms with Crippen molar-refractivity contribution in [3.05, 3.63) is 84.4 Å². The third kappa shape index (κ3) is 3.11. The van der Waals surface area contributed by atoms with Crippen molar-refractivity contribution in [1.29, 1.82) is 0 Å². The maximum atomic E-state index is 9.94. The lowest BCUT2D eigenvalue weighted by Gasteiger charge is -2.09. The first-order valence-electron chi connectivity index (χ1n) is 6.89. The van der Waals surface area contributed by atoms with Gasteiger partial charge in [0.05, 0.1) is 10.9 Å². The molecule has 0 saturated carbocycles. The molecule has 1 nitrogen and oxygen atoms in total. The maximum Gasteiger partial charge on any atom is 0.170 e. The predicted octanol–water partition coefficient (Wildman–Crippen LogP) is 4.80. The van der Waals surface area contributed by atoms with Crippen LogP contribution in [0.3, 0.4) is 0 Å². The van der Waals surface area contributed by atoms with Crippen LogP contribution in [0, 0.1) is 6.92 Å². The molecule has 0 saturated heterocycles. The minimum absolute atomic E-state index is 0.195. The van der Waals surface area contributed by atoms with Gasteiger partial charge in [-0.15, -0.1) is 0 Å². The van der Waals surface area contributed by atoms with Crippen molar-refractivity contribution in [2.24, 2.45) is 0 Å². The Kier molecular flexibility index (Phi) is 3.98. The molecule has 0 heterocycles. The minimum Gasteiger partial charge on any atom is -0.508 e. The summed E-state index contributed by atoms with van der Waals surface area (Å²) in [5, 5.41) is 9.94. The number of benzene rings is 3. The summed E-state index contributed by atoms with van der Waals surface area (Å²) in [4.78, 5) is 3.66. The quantitative estimate of drug-likeness (QED) is 0.688. The Hall–Kier alpha value is -2.19. The molecule has 0 unspecified atom stereocenters. The van der Waals surface area contributed by atoms with Crippen molar-refractivity contribution < 1.29 is 5.11 Å². The first-order valence-corrected chi connectivity index (χ1v) is 8.11. The average molecular weight is 293 g/mol. The topological polar surface area (TPSA) is 20.2 Å². The van der Waals surface area contributed by atoms with Crippen molar-refractivity contribution in [2.45, 2.75) is 21.6 Å². The highest BCUT2D eigenvalue weighted by molar-refractivity contribution is 7.97. The van der Waals surface area contributed by atoms with Crippen LogP contribution < -0.4 is 0 Å². The number of hydrogen-bond donors (Lipinski definition) is 1. The van der Waals surface area contributed by atoms with Crippen LogP contribution in [-0.2, 0) is 10.9 Å². The van der Waals surface area contributed by atoms with E-state index in [4.69, 9.17) is 0 Å². The minimum atomic E-state index is -0.195. The summed E-state index contributed by atoms with van der Waals surface area (Å²) in [7, 11) is -0.195. The highest BCUT2D eigenvalue weighted by Gasteiger charge is 2.28. The molecule has 0 spiro atoms. The second-order valence-electron chi connectivity index (χ2n) is 4.94. The molecule has 0 radical (unpaired) electrons. The average Bonchev–Trinajstić information content (AvgIpc) is 2.49. The van der Waals surface area contributed by atoms with E-state index in [1.807, 2.05) is 25.1 Å². The van der Waals surface area contributed by atoms with Gasteiger partial charge in [0.2, 0.25) is 0 Å². The molecule has 3 aromatic carbocycles. The molecule has 3 rings (SSSR count). The van der Waals surface area contributed by atoms with Crippen LogP contribution in [0.15, 0.2) is 93.5 Å². The number of rotatable bonds is 3. The molecule has 0 amide bonds.